The van der Waals surface area contributed by atoms with E-state index in [9.17, 15) is 4.79 Å². The van der Waals surface area contributed by atoms with Crippen molar-refractivity contribution in [2.75, 3.05) is 30.9 Å². The molecule has 142 valence electrons. The van der Waals surface area contributed by atoms with E-state index in [0.29, 0.717) is 19.0 Å². The van der Waals surface area contributed by atoms with Gasteiger partial charge in [-0.1, -0.05) is 0 Å². The van der Waals surface area contributed by atoms with Crippen molar-refractivity contribution in [2.45, 2.75) is 51.4 Å². The van der Waals surface area contributed by atoms with Gasteiger partial charge in [-0.2, -0.15) is 0 Å². The molecule has 2 fully saturated rings. The third-order valence-electron chi connectivity index (χ3n) is 5.68. The zero-order valence-corrected chi connectivity index (χ0v) is 16.8. The number of rotatable bonds is 4. The largest absolute Gasteiger partial charge is 0.498 e. The first-order valence-electron chi connectivity index (χ1n) is 8.89. The van der Waals surface area contributed by atoms with E-state index < -0.39 is 18.3 Å². The van der Waals surface area contributed by atoms with Crippen LogP contribution in [0.2, 0.25) is 0 Å². The van der Waals surface area contributed by atoms with Crippen LogP contribution in [0, 0.1) is 0 Å². The Kier molecular flexibility index (Phi) is 5.20. The van der Waals surface area contributed by atoms with Crippen LogP contribution in [0.3, 0.4) is 0 Å². The highest BCUT2D eigenvalue weighted by Gasteiger charge is 2.52. The summed E-state index contributed by atoms with van der Waals surface area (Å²) < 4.78 is 12.1. The molecule has 0 aromatic carbocycles. The minimum Gasteiger partial charge on any atom is -0.399 e. The highest BCUT2D eigenvalue weighted by Crippen LogP contribution is 2.36. The summed E-state index contributed by atoms with van der Waals surface area (Å²) in [6.45, 7) is 9.43. The van der Waals surface area contributed by atoms with Crippen molar-refractivity contribution in [3.05, 3.63) is 12.4 Å². The second-order valence-electron chi connectivity index (χ2n) is 7.93. The summed E-state index contributed by atoms with van der Waals surface area (Å²) in [6, 6.07) is 0.185. The number of likely N-dealkylation sites (tertiary alicyclic amines) is 1. The molecule has 9 heteroatoms. The van der Waals surface area contributed by atoms with Crippen LogP contribution in [0.5, 0.6) is 0 Å². The number of aromatic nitrogens is 2. The van der Waals surface area contributed by atoms with Gasteiger partial charge in [0, 0.05) is 38.0 Å². The number of hydrogen-bond donors (Lipinski definition) is 0. The smallest absolute Gasteiger partial charge is 0.399 e. The van der Waals surface area contributed by atoms with Crippen LogP contribution in [0.15, 0.2) is 12.4 Å². The van der Waals surface area contributed by atoms with Gasteiger partial charge in [0.25, 0.3) is 0 Å². The highest BCUT2D eigenvalue weighted by molar-refractivity contribution is 6.61. The molecule has 2 aliphatic rings. The lowest BCUT2D eigenvalue weighted by molar-refractivity contribution is -0.127. The fraction of sp³-hybridized carbons (Fsp3) is 0.706. The van der Waals surface area contributed by atoms with Gasteiger partial charge in [0.2, 0.25) is 11.9 Å². The molecule has 0 saturated carbocycles. The summed E-state index contributed by atoms with van der Waals surface area (Å²) in [6.07, 6.45) is 4.37. The lowest BCUT2D eigenvalue weighted by atomic mass is 9.81. The summed E-state index contributed by atoms with van der Waals surface area (Å²) in [5, 5.41) is 0. The van der Waals surface area contributed by atoms with E-state index in [1.165, 1.54) is 0 Å². The molecule has 1 atom stereocenters. The zero-order chi connectivity index (χ0) is 19.1. The fourth-order valence-corrected chi connectivity index (χ4v) is 3.32. The van der Waals surface area contributed by atoms with Crippen LogP contribution in [0.1, 0.15) is 34.1 Å². The van der Waals surface area contributed by atoms with E-state index in [1.807, 2.05) is 39.6 Å². The quantitative estimate of drug-likeness (QED) is 0.574. The maximum Gasteiger partial charge on any atom is 0.498 e. The van der Waals surface area contributed by atoms with E-state index >= 15 is 0 Å². The summed E-state index contributed by atoms with van der Waals surface area (Å²) >= 11 is 5.64. The van der Waals surface area contributed by atoms with Gasteiger partial charge >= 0.3 is 7.12 Å². The number of nitrogens with zero attached hydrogens (tertiary/aromatic N) is 4. The zero-order valence-electron chi connectivity index (χ0n) is 16.0. The Labute approximate surface area is 160 Å². The monoisotopic (exact) mass is 380 g/mol. The van der Waals surface area contributed by atoms with E-state index in [2.05, 4.69) is 9.97 Å². The van der Waals surface area contributed by atoms with Gasteiger partial charge in [-0.05, 0) is 34.1 Å². The molecule has 1 aromatic heterocycles. The van der Waals surface area contributed by atoms with E-state index in [-0.39, 0.29) is 17.8 Å². The van der Waals surface area contributed by atoms with Crippen molar-refractivity contribution >= 4 is 36.0 Å². The molecule has 2 saturated heterocycles. The predicted molar refractivity (Wildman–Crippen MR) is 102 cm³/mol. The van der Waals surface area contributed by atoms with Gasteiger partial charge in [-0.15, -0.1) is 11.6 Å². The Morgan fingerprint density at radius 2 is 1.88 bits per heavy atom. The van der Waals surface area contributed by atoms with Gasteiger partial charge in [-0.3, -0.25) is 4.79 Å². The van der Waals surface area contributed by atoms with E-state index in [0.717, 1.165) is 11.9 Å². The Hall–Kier alpha value is -1.38. The van der Waals surface area contributed by atoms with Crippen LogP contribution < -0.4 is 10.4 Å². The Morgan fingerprint density at radius 3 is 2.42 bits per heavy atom. The van der Waals surface area contributed by atoms with Crippen molar-refractivity contribution < 1.29 is 14.1 Å². The molecule has 3 heterocycles. The molecular formula is C17H26BClN4O3. The topological polar surface area (TPSA) is 67.8 Å². The van der Waals surface area contributed by atoms with Crippen molar-refractivity contribution in [3.63, 3.8) is 0 Å². The minimum absolute atomic E-state index is 0.0235. The number of carbonyl (C=O) groups excluding carboxylic acids is 1. The number of carbonyl (C=O) groups is 1. The summed E-state index contributed by atoms with van der Waals surface area (Å²) in [4.78, 5) is 24.5. The van der Waals surface area contributed by atoms with Crippen LogP contribution in [0.25, 0.3) is 0 Å². The first-order valence-corrected chi connectivity index (χ1v) is 9.42. The normalized spacial score (nSPS) is 24.2. The maximum absolute atomic E-state index is 11.7. The van der Waals surface area contributed by atoms with Crippen LogP contribution in [0.4, 0.5) is 5.95 Å². The Bertz CT molecular complexity index is 654. The second kappa shape index (κ2) is 6.98. The number of hydrogen-bond acceptors (Lipinski definition) is 6. The Morgan fingerprint density at radius 1 is 1.31 bits per heavy atom. The highest BCUT2D eigenvalue weighted by atomic mass is 35.5. The average Bonchev–Trinajstić information content (AvgIpc) is 3.17. The van der Waals surface area contributed by atoms with E-state index in [4.69, 9.17) is 20.9 Å². The third kappa shape index (κ3) is 3.55. The number of likely N-dealkylation sites (N-methyl/N-ethyl adjacent to an activating group) is 1. The van der Waals surface area contributed by atoms with Gasteiger partial charge in [0.15, 0.2) is 0 Å². The summed E-state index contributed by atoms with van der Waals surface area (Å²) in [5.74, 6) is 0.616. The molecule has 1 unspecified atom stereocenters. The minimum atomic E-state index is -0.470. The summed E-state index contributed by atoms with van der Waals surface area (Å²) in [7, 11) is 1.48. The molecule has 0 radical (unpaired) electrons. The molecule has 7 nitrogen and oxygen atoms in total. The summed E-state index contributed by atoms with van der Waals surface area (Å²) in [5.41, 5.74) is 0.0105. The standard InChI is InChI=1S/C17H26BClN4O3/c1-16(2)17(3,4)26-18(25-16)12-9-20-15(21-10-12)22(5)13-6-7-23(11-13)14(24)8-19/h9-10,13H,6-8,11H2,1-5H3. The molecule has 3 rings (SSSR count). The SMILES string of the molecule is CN(c1ncc(B2OC(C)(C)C(C)(C)O2)cn1)C1CCN(C(=O)CCl)C1. The van der Waals surface area contributed by atoms with Gasteiger partial charge in [0.1, 0.15) is 5.88 Å². The van der Waals surface area contributed by atoms with E-state index in [1.54, 1.807) is 17.3 Å². The van der Waals surface area contributed by atoms with Crippen LogP contribution in [-0.2, 0) is 14.1 Å². The second-order valence-corrected chi connectivity index (χ2v) is 8.20. The first kappa shape index (κ1) is 19.4. The van der Waals surface area contributed by atoms with Gasteiger partial charge < -0.3 is 19.1 Å². The molecule has 1 aromatic rings. The van der Waals surface area contributed by atoms with Crippen molar-refractivity contribution in [1.29, 1.82) is 0 Å². The molecule has 26 heavy (non-hydrogen) atoms. The molecule has 2 aliphatic heterocycles. The van der Waals surface area contributed by atoms with Crippen LogP contribution in [-0.4, -0.2) is 71.2 Å². The van der Waals surface area contributed by atoms with Crippen molar-refractivity contribution in [2.24, 2.45) is 0 Å². The number of anilines is 1. The lowest BCUT2D eigenvalue weighted by Gasteiger charge is -2.32. The van der Waals surface area contributed by atoms with Gasteiger partial charge in [0.05, 0.1) is 17.2 Å². The van der Waals surface area contributed by atoms with Crippen LogP contribution >= 0.6 is 11.6 Å². The third-order valence-corrected chi connectivity index (χ3v) is 5.91. The number of amides is 1. The number of alkyl halides is 1. The molecule has 0 aliphatic carbocycles. The predicted octanol–water partition coefficient (Wildman–Crippen LogP) is 1.05. The van der Waals surface area contributed by atoms with Crippen molar-refractivity contribution in [1.82, 2.24) is 14.9 Å². The molecule has 0 bridgehead atoms. The molecule has 0 N–H and O–H groups in total. The fourth-order valence-electron chi connectivity index (χ4n) is 3.15. The van der Waals surface area contributed by atoms with Gasteiger partial charge in [-0.25, -0.2) is 9.97 Å². The first-order chi connectivity index (χ1) is 12.1. The molecular weight excluding hydrogens is 354 g/mol. The number of halogens is 1. The van der Waals surface area contributed by atoms with Crippen molar-refractivity contribution in [3.8, 4) is 0 Å². The Balaban J connectivity index is 1.66. The lowest BCUT2D eigenvalue weighted by Crippen LogP contribution is -2.41. The molecule has 0 spiro atoms. The maximum atomic E-state index is 11.7. The molecule has 1 amide bonds. The average molecular weight is 381 g/mol.